The molecule has 0 aromatic heterocycles. The lowest BCUT2D eigenvalue weighted by Crippen LogP contribution is -2.61. The summed E-state index contributed by atoms with van der Waals surface area (Å²) in [4.78, 5) is 15.1. The van der Waals surface area contributed by atoms with Crippen LogP contribution in [0.4, 0.5) is 0 Å². The number of likely N-dealkylation sites (N-methyl/N-ethyl adjacent to an activating group) is 1. The van der Waals surface area contributed by atoms with Gasteiger partial charge in [0.1, 0.15) is 5.54 Å². The molecule has 0 aromatic carbocycles. The van der Waals surface area contributed by atoms with E-state index in [-0.39, 0.29) is 5.97 Å². The molecular formula is C17H32N2O2. The Morgan fingerprint density at radius 1 is 1.33 bits per heavy atom. The minimum absolute atomic E-state index is 0.0675. The van der Waals surface area contributed by atoms with Crippen molar-refractivity contribution < 1.29 is 9.53 Å². The molecule has 1 unspecified atom stereocenters. The van der Waals surface area contributed by atoms with Crippen molar-refractivity contribution in [3.8, 4) is 0 Å². The van der Waals surface area contributed by atoms with Gasteiger partial charge >= 0.3 is 5.97 Å². The van der Waals surface area contributed by atoms with Gasteiger partial charge in [0.15, 0.2) is 0 Å². The summed E-state index contributed by atoms with van der Waals surface area (Å²) in [7, 11) is 1.52. The fourth-order valence-electron chi connectivity index (χ4n) is 3.28. The summed E-state index contributed by atoms with van der Waals surface area (Å²) in [6.45, 7) is 9.34. The van der Waals surface area contributed by atoms with Crippen LogP contribution in [-0.4, -0.2) is 49.2 Å². The number of hydrogen-bond donors (Lipinski definition) is 1. The van der Waals surface area contributed by atoms with E-state index in [1.165, 1.54) is 26.4 Å². The molecule has 0 bridgehead atoms. The van der Waals surface area contributed by atoms with Crippen LogP contribution >= 0.6 is 0 Å². The molecule has 0 aromatic rings. The normalized spacial score (nSPS) is 21.6. The van der Waals surface area contributed by atoms with Crippen molar-refractivity contribution in [2.24, 2.45) is 11.8 Å². The highest BCUT2D eigenvalue weighted by atomic mass is 16.5. The van der Waals surface area contributed by atoms with Crippen molar-refractivity contribution in [3.05, 3.63) is 0 Å². The van der Waals surface area contributed by atoms with Crippen molar-refractivity contribution in [1.29, 1.82) is 0 Å². The van der Waals surface area contributed by atoms with Crippen LogP contribution in [0, 0.1) is 11.8 Å². The van der Waals surface area contributed by atoms with E-state index in [9.17, 15) is 4.79 Å². The van der Waals surface area contributed by atoms with Gasteiger partial charge in [0, 0.05) is 12.6 Å². The molecule has 1 N–H and O–H groups in total. The third-order valence-corrected chi connectivity index (χ3v) is 4.83. The maximum Gasteiger partial charge on any atom is 0.327 e. The molecule has 0 spiro atoms. The van der Waals surface area contributed by atoms with Crippen molar-refractivity contribution in [1.82, 2.24) is 10.2 Å². The summed E-state index contributed by atoms with van der Waals surface area (Å²) >= 11 is 0. The van der Waals surface area contributed by atoms with Crippen molar-refractivity contribution >= 4 is 5.97 Å². The molecule has 0 aliphatic heterocycles. The molecule has 2 rings (SSSR count). The number of esters is 1. The number of methoxy groups -OCH3 is 1. The zero-order valence-corrected chi connectivity index (χ0v) is 14.2. The van der Waals surface area contributed by atoms with E-state index in [0.717, 1.165) is 32.5 Å². The first-order valence-electron chi connectivity index (χ1n) is 8.61. The predicted molar refractivity (Wildman–Crippen MR) is 85.2 cm³/mol. The SMILES string of the molecule is CCNC(CN(CCC(C)C)C1CC1)(C(=O)OC)C1CC1. The number of carbonyl (C=O) groups excluding carboxylic acids is 1. The lowest BCUT2D eigenvalue weighted by atomic mass is 9.91. The van der Waals surface area contributed by atoms with Gasteiger partial charge in [-0.25, -0.2) is 4.79 Å². The molecule has 2 aliphatic carbocycles. The van der Waals surface area contributed by atoms with Crippen LogP contribution in [0.3, 0.4) is 0 Å². The minimum Gasteiger partial charge on any atom is -0.468 e. The molecule has 2 aliphatic rings. The van der Waals surface area contributed by atoms with Gasteiger partial charge in [-0.05, 0) is 57.0 Å². The molecule has 122 valence electrons. The van der Waals surface area contributed by atoms with E-state index in [1.807, 2.05) is 0 Å². The molecule has 1 atom stereocenters. The van der Waals surface area contributed by atoms with Gasteiger partial charge < -0.3 is 10.1 Å². The largest absolute Gasteiger partial charge is 0.468 e. The second-order valence-corrected chi connectivity index (χ2v) is 7.15. The first-order chi connectivity index (χ1) is 10.0. The van der Waals surface area contributed by atoms with Gasteiger partial charge in [0.05, 0.1) is 7.11 Å². The van der Waals surface area contributed by atoms with Crippen LogP contribution in [0.5, 0.6) is 0 Å². The summed E-state index contributed by atoms with van der Waals surface area (Å²) in [5.41, 5.74) is -0.483. The number of ether oxygens (including phenoxy) is 1. The minimum atomic E-state index is -0.483. The fourth-order valence-corrected chi connectivity index (χ4v) is 3.28. The highest BCUT2D eigenvalue weighted by Gasteiger charge is 2.53. The Labute approximate surface area is 129 Å². The molecule has 2 fully saturated rings. The monoisotopic (exact) mass is 296 g/mol. The van der Waals surface area contributed by atoms with E-state index in [4.69, 9.17) is 4.74 Å². The summed E-state index contributed by atoms with van der Waals surface area (Å²) in [5, 5.41) is 3.49. The first-order valence-corrected chi connectivity index (χ1v) is 8.61. The van der Waals surface area contributed by atoms with Crippen LogP contribution < -0.4 is 5.32 Å². The van der Waals surface area contributed by atoms with E-state index in [0.29, 0.717) is 17.9 Å². The quantitative estimate of drug-likeness (QED) is 0.629. The zero-order valence-electron chi connectivity index (χ0n) is 14.2. The third-order valence-electron chi connectivity index (χ3n) is 4.83. The van der Waals surface area contributed by atoms with Crippen LogP contribution in [0.15, 0.2) is 0 Å². The van der Waals surface area contributed by atoms with Crippen LogP contribution in [0.25, 0.3) is 0 Å². The lowest BCUT2D eigenvalue weighted by Gasteiger charge is -2.37. The molecule has 21 heavy (non-hydrogen) atoms. The average Bonchev–Trinajstić information content (AvgIpc) is 3.30. The van der Waals surface area contributed by atoms with E-state index < -0.39 is 5.54 Å². The zero-order chi connectivity index (χ0) is 15.5. The van der Waals surface area contributed by atoms with Crippen LogP contribution in [0.2, 0.25) is 0 Å². The van der Waals surface area contributed by atoms with Gasteiger partial charge in [-0.2, -0.15) is 0 Å². The molecule has 4 nitrogen and oxygen atoms in total. The molecule has 0 heterocycles. The number of carbonyl (C=O) groups is 1. The van der Waals surface area contributed by atoms with E-state index >= 15 is 0 Å². The summed E-state index contributed by atoms with van der Waals surface area (Å²) < 4.78 is 5.17. The van der Waals surface area contributed by atoms with E-state index in [1.54, 1.807) is 0 Å². The molecule has 0 amide bonds. The summed E-state index contributed by atoms with van der Waals surface area (Å²) in [6, 6.07) is 0.685. The lowest BCUT2D eigenvalue weighted by molar-refractivity contribution is -0.151. The highest BCUT2D eigenvalue weighted by Crippen LogP contribution is 2.42. The molecule has 4 heteroatoms. The molecule has 0 radical (unpaired) electrons. The Morgan fingerprint density at radius 3 is 2.43 bits per heavy atom. The Bertz CT molecular complexity index is 351. The second-order valence-electron chi connectivity index (χ2n) is 7.15. The number of nitrogens with one attached hydrogen (secondary N) is 1. The summed E-state index contributed by atoms with van der Waals surface area (Å²) in [6.07, 6.45) is 6.05. The Hall–Kier alpha value is -0.610. The van der Waals surface area contributed by atoms with Gasteiger partial charge in [-0.3, -0.25) is 4.90 Å². The smallest absolute Gasteiger partial charge is 0.327 e. The average molecular weight is 296 g/mol. The maximum absolute atomic E-state index is 12.5. The maximum atomic E-state index is 12.5. The van der Waals surface area contributed by atoms with Crippen LogP contribution in [-0.2, 0) is 9.53 Å². The molecule has 0 saturated heterocycles. The Balaban J connectivity index is 2.09. The van der Waals surface area contributed by atoms with Crippen molar-refractivity contribution in [3.63, 3.8) is 0 Å². The third kappa shape index (κ3) is 4.19. The molecular weight excluding hydrogens is 264 g/mol. The topological polar surface area (TPSA) is 41.6 Å². The number of rotatable bonds is 10. The van der Waals surface area contributed by atoms with Gasteiger partial charge in [0.2, 0.25) is 0 Å². The number of nitrogens with zero attached hydrogens (tertiary/aromatic N) is 1. The van der Waals surface area contributed by atoms with Crippen LogP contribution in [0.1, 0.15) is 52.9 Å². The molecule has 2 saturated carbocycles. The van der Waals surface area contributed by atoms with Gasteiger partial charge in [-0.1, -0.05) is 20.8 Å². The van der Waals surface area contributed by atoms with Gasteiger partial charge in [-0.15, -0.1) is 0 Å². The highest BCUT2D eigenvalue weighted by molar-refractivity contribution is 5.82. The predicted octanol–water partition coefficient (Wildman–Crippen LogP) is 2.43. The van der Waals surface area contributed by atoms with E-state index in [2.05, 4.69) is 31.0 Å². The van der Waals surface area contributed by atoms with Gasteiger partial charge in [0.25, 0.3) is 0 Å². The second kappa shape index (κ2) is 7.10. The first kappa shape index (κ1) is 16.8. The summed E-state index contributed by atoms with van der Waals surface area (Å²) in [5.74, 6) is 1.09. The standard InChI is InChI=1S/C17H32N2O2/c1-5-18-17(14-6-7-14,16(20)21-4)12-19(15-8-9-15)11-10-13(2)3/h13-15,18H,5-12H2,1-4H3. The number of hydrogen-bond acceptors (Lipinski definition) is 4. The Morgan fingerprint density at radius 2 is 2.00 bits per heavy atom. The van der Waals surface area contributed by atoms with Crippen molar-refractivity contribution in [2.75, 3.05) is 26.7 Å². The Kier molecular flexibility index (Phi) is 5.67. The fraction of sp³-hybridized carbons (Fsp3) is 0.941. The van der Waals surface area contributed by atoms with Crippen molar-refractivity contribution in [2.45, 2.75) is 64.5 Å².